The van der Waals surface area contributed by atoms with Gasteiger partial charge in [-0.15, -0.1) is 11.8 Å². The molecule has 1 aliphatic carbocycles. The van der Waals surface area contributed by atoms with E-state index in [0.717, 1.165) is 42.6 Å². The first-order valence-electron chi connectivity index (χ1n) is 12.4. The molecule has 2 aromatic carbocycles. The standard InChI is InChI=1S/C27H35N3O5S/c1-3-25(27(32)28-22-7-5-4-6-8-22)29(17-20-11-15-24(35-2)16-12-20)26(31)19-36-18-21-9-13-23(14-10-21)30(33)34/h9-16,22,25H,3-8,17-19H2,1-2H3,(H,28,32)/t25-/m1/s1. The molecule has 0 saturated heterocycles. The van der Waals surface area contributed by atoms with Crippen molar-refractivity contribution in [3.8, 4) is 5.75 Å². The second-order valence-corrected chi connectivity index (χ2v) is 10.0. The van der Waals surface area contributed by atoms with Gasteiger partial charge in [-0.2, -0.15) is 0 Å². The van der Waals surface area contributed by atoms with Crippen molar-refractivity contribution < 1.29 is 19.2 Å². The summed E-state index contributed by atoms with van der Waals surface area (Å²) in [7, 11) is 1.61. The number of carbonyl (C=O) groups is 2. The average molecular weight is 514 g/mol. The van der Waals surface area contributed by atoms with Gasteiger partial charge < -0.3 is 15.0 Å². The zero-order chi connectivity index (χ0) is 25.9. The normalized spacial score (nSPS) is 14.6. The Morgan fingerprint density at radius 3 is 2.31 bits per heavy atom. The molecule has 1 fully saturated rings. The Balaban J connectivity index is 1.69. The molecule has 2 amide bonds. The number of hydrogen-bond donors (Lipinski definition) is 1. The molecule has 0 bridgehead atoms. The highest BCUT2D eigenvalue weighted by Gasteiger charge is 2.30. The van der Waals surface area contributed by atoms with Crippen LogP contribution in [0.25, 0.3) is 0 Å². The van der Waals surface area contributed by atoms with Gasteiger partial charge in [-0.25, -0.2) is 0 Å². The first kappa shape index (κ1) is 27.5. The Morgan fingerprint density at radius 1 is 1.08 bits per heavy atom. The number of carbonyl (C=O) groups excluding carboxylic acids is 2. The molecule has 2 aromatic rings. The van der Waals surface area contributed by atoms with Crippen LogP contribution in [0.1, 0.15) is 56.6 Å². The number of rotatable bonds is 12. The Morgan fingerprint density at radius 2 is 1.72 bits per heavy atom. The van der Waals surface area contributed by atoms with E-state index in [1.54, 1.807) is 24.1 Å². The summed E-state index contributed by atoms with van der Waals surface area (Å²) in [5.74, 6) is 1.29. The third-order valence-electron chi connectivity index (χ3n) is 6.49. The number of nitrogens with one attached hydrogen (secondary N) is 1. The number of ether oxygens (including phenoxy) is 1. The van der Waals surface area contributed by atoms with E-state index >= 15 is 0 Å². The summed E-state index contributed by atoms with van der Waals surface area (Å²) in [5.41, 5.74) is 1.87. The molecule has 1 atom stereocenters. The molecule has 9 heteroatoms. The van der Waals surface area contributed by atoms with Crippen LogP contribution in [0.3, 0.4) is 0 Å². The molecular weight excluding hydrogens is 478 g/mol. The van der Waals surface area contributed by atoms with Crippen molar-refractivity contribution in [2.45, 2.75) is 69.8 Å². The van der Waals surface area contributed by atoms with Gasteiger partial charge in [0.1, 0.15) is 11.8 Å². The van der Waals surface area contributed by atoms with Crippen LogP contribution in [-0.4, -0.2) is 46.6 Å². The number of thioether (sulfide) groups is 1. The van der Waals surface area contributed by atoms with Crippen LogP contribution in [0.15, 0.2) is 48.5 Å². The third kappa shape index (κ3) is 7.98. The SMILES string of the molecule is CC[C@H](C(=O)NC1CCCCC1)N(Cc1ccc(OC)cc1)C(=O)CSCc1ccc([N+](=O)[O-])cc1. The average Bonchev–Trinajstić information content (AvgIpc) is 2.89. The maximum atomic E-state index is 13.4. The van der Waals surface area contributed by atoms with E-state index in [2.05, 4.69) is 5.32 Å². The molecule has 0 heterocycles. The molecule has 1 saturated carbocycles. The van der Waals surface area contributed by atoms with Gasteiger partial charge >= 0.3 is 0 Å². The number of nitro groups is 1. The van der Waals surface area contributed by atoms with Crippen LogP contribution in [0.4, 0.5) is 5.69 Å². The maximum Gasteiger partial charge on any atom is 0.269 e. The third-order valence-corrected chi connectivity index (χ3v) is 7.48. The highest BCUT2D eigenvalue weighted by atomic mass is 32.2. The minimum Gasteiger partial charge on any atom is -0.497 e. The number of amides is 2. The Hall–Kier alpha value is -3.07. The van der Waals surface area contributed by atoms with E-state index in [0.29, 0.717) is 18.7 Å². The van der Waals surface area contributed by atoms with Crippen molar-refractivity contribution in [1.29, 1.82) is 0 Å². The summed E-state index contributed by atoms with van der Waals surface area (Å²) in [6.07, 6.45) is 5.94. The number of non-ortho nitro benzene ring substituents is 1. The van der Waals surface area contributed by atoms with E-state index < -0.39 is 11.0 Å². The van der Waals surface area contributed by atoms with Gasteiger partial charge in [0.05, 0.1) is 17.8 Å². The molecule has 0 aliphatic heterocycles. The first-order valence-corrected chi connectivity index (χ1v) is 13.6. The lowest BCUT2D eigenvalue weighted by atomic mass is 9.95. The summed E-state index contributed by atoms with van der Waals surface area (Å²) in [5, 5.41) is 14.1. The van der Waals surface area contributed by atoms with Gasteiger partial charge in [-0.05, 0) is 42.5 Å². The zero-order valence-corrected chi connectivity index (χ0v) is 21.8. The topological polar surface area (TPSA) is 102 Å². The molecule has 0 radical (unpaired) electrons. The van der Waals surface area contributed by atoms with Crippen LogP contribution >= 0.6 is 11.8 Å². The van der Waals surface area contributed by atoms with E-state index in [4.69, 9.17) is 4.74 Å². The van der Waals surface area contributed by atoms with Gasteiger partial charge in [0.15, 0.2) is 0 Å². The molecule has 194 valence electrons. The van der Waals surface area contributed by atoms with Crippen LogP contribution in [0.5, 0.6) is 5.75 Å². The lowest BCUT2D eigenvalue weighted by molar-refractivity contribution is -0.384. The molecule has 1 aliphatic rings. The van der Waals surface area contributed by atoms with E-state index in [9.17, 15) is 19.7 Å². The van der Waals surface area contributed by atoms with Crippen molar-refractivity contribution in [3.05, 3.63) is 69.8 Å². The minimum atomic E-state index is -0.554. The Labute approximate surface area is 216 Å². The summed E-state index contributed by atoms with van der Waals surface area (Å²) in [6, 6.07) is 13.5. The maximum absolute atomic E-state index is 13.4. The predicted molar refractivity (Wildman–Crippen MR) is 142 cm³/mol. The van der Waals surface area contributed by atoms with Gasteiger partial charge in [-0.1, -0.05) is 50.5 Å². The lowest BCUT2D eigenvalue weighted by Gasteiger charge is -2.32. The fourth-order valence-corrected chi connectivity index (χ4v) is 5.32. The van der Waals surface area contributed by atoms with E-state index in [1.807, 2.05) is 31.2 Å². The summed E-state index contributed by atoms with van der Waals surface area (Å²) < 4.78 is 5.24. The molecule has 36 heavy (non-hydrogen) atoms. The summed E-state index contributed by atoms with van der Waals surface area (Å²) in [6.45, 7) is 2.26. The molecule has 1 N–H and O–H groups in total. The van der Waals surface area contributed by atoms with Crippen molar-refractivity contribution in [3.63, 3.8) is 0 Å². The smallest absolute Gasteiger partial charge is 0.269 e. The predicted octanol–water partition coefficient (Wildman–Crippen LogP) is 5.09. The number of nitrogens with zero attached hydrogens (tertiary/aromatic N) is 2. The molecule has 3 rings (SSSR count). The van der Waals surface area contributed by atoms with Crippen LogP contribution < -0.4 is 10.1 Å². The Bertz CT molecular complexity index is 1010. The van der Waals surface area contributed by atoms with Gasteiger partial charge in [-0.3, -0.25) is 19.7 Å². The zero-order valence-electron chi connectivity index (χ0n) is 21.0. The molecule has 0 spiro atoms. The fraction of sp³-hybridized carbons (Fsp3) is 0.481. The van der Waals surface area contributed by atoms with Crippen molar-refractivity contribution in [2.75, 3.05) is 12.9 Å². The highest BCUT2D eigenvalue weighted by Crippen LogP contribution is 2.22. The first-order chi connectivity index (χ1) is 17.4. The molecular formula is C27H35N3O5S. The summed E-state index contributed by atoms with van der Waals surface area (Å²) in [4.78, 5) is 38.8. The van der Waals surface area contributed by atoms with Gasteiger partial charge in [0.25, 0.3) is 5.69 Å². The quantitative estimate of drug-likeness (QED) is 0.313. The Kier molecular flexibility index (Phi) is 10.6. The number of hydrogen-bond acceptors (Lipinski definition) is 6. The lowest BCUT2D eigenvalue weighted by Crippen LogP contribution is -2.52. The van der Waals surface area contributed by atoms with Gasteiger partial charge in [0.2, 0.25) is 11.8 Å². The van der Waals surface area contributed by atoms with E-state index in [-0.39, 0.29) is 29.3 Å². The number of methoxy groups -OCH3 is 1. The molecule has 8 nitrogen and oxygen atoms in total. The largest absolute Gasteiger partial charge is 0.497 e. The second-order valence-electron chi connectivity index (χ2n) is 9.05. The summed E-state index contributed by atoms with van der Waals surface area (Å²) >= 11 is 1.44. The molecule has 0 unspecified atom stereocenters. The molecule has 0 aromatic heterocycles. The second kappa shape index (κ2) is 13.9. The fourth-order valence-electron chi connectivity index (χ4n) is 4.44. The minimum absolute atomic E-state index is 0.0419. The van der Waals surface area contributed by atoms with Crippen LogP contribution in [-0.2, 0) is 21.9 Å². The highest BCUT2D eigenvalue weighted by molar-refractivity contribution is 7.99. The van der Waals surface area contributed by atoms with Gasteiger partial charge in [0, 0.05) is 30.5 Å². The number of benzene rings is 2. The number of nitro benzene ring substituents is 1. The monoisotopic (exact) mass is 513 g/mol. The van der Waals surface area contributed by atoms with Crippen molar-refractivity contribution in [1.82, 2.24) is 10.2 Å². The van der Waals surface area contributed by atoms with Crippen molar-refractivity contribution in [2.24, 2.45) is 0 Å². The van der Waals surface area contributed by atoms with E-state index in [1.165, 1.54) is 30.3 Å². The van der Waals surface area contributed by atoms with Crippen molar-refractivity contribution >= 4 is 29.3 Å². The van der Waals surface area contributed by atoms with Crippen LogP contribution in [0.2, 0.25) is 0 Å². The van der Waals surface area contributed by atoms with Crippen LogP contribution in [0, 0.1) is 10.1 Å².